The zero-order valence-electron chi connectivity index (χ0n) is 23.9. The fourth-order valence-electron chi connectivity index (χ4n) is 3.90. The van der Waals surface area contributed by atoms with E-state index in [0.29, 0.717) is 5.56 Å². The summed E-state index contributed by atoms with van der Waals surface area (Å²) in [6, 6.07) is 16.3. The van der Waals surface area contributed by atoms with Gasteiger partial charge in [0.15, 0.2) is 0 Å². The summed E-state index contributed by atoms with van der Waals surface area (Å²) in [6.07, 6.45) is 5.91. The van der Waals surface area contributed by atoms with Crippen molar-refractivity contribution in [3.8, 4) is 12.5 Å². The van der Waals surface area contributed by atoms with Crippen molar-refractivity contribution in [1.82, 2.24) is 15.5 Å². The summed E-state index contributed by atoms with van der Waals surface area (Å²) >= 11 is 0. The van der Waals surface area contributed by atoms with Crippen molar-refractivity contribution < 1.29 is 28.7 Å². The number of aryl methyl sites for hydroxylation is 1. The van der Waals surface area contributed by atoms with Crippen molar-refractivity contribution in [2.75, 3.05) is 13.2 Å². The van der Waals surface area contributed by atoms with Gasteiger partial charge in [-0.1, -0.05) is 67.9 Å². The minimum absolute atomic E-state index is 0.00256. The van der Waals surface area contributed by atoms with Crippen LogP contribution in [0, 0.1) is 12.5 Å². The number of hydrogen-bond acceptors (Lipinski definition) is 6. The molecule has 0 saturated carbocycles. The third-order valence-electron chi connectivity index (χ3n) is 5.79. The Morgan fingerprint density at radius 3 is 2.17 bits per heavy atom. The summed E-state index contributed by atoms with van der Waals surface area (Å²) in [5.41, 5.74) is 1.50. The minimum Gasteiger partial charge on any atom is -0.466 e. The average molecular weight is 550 g/mol. The molecule has 0 heterocycles. The molecule has 2 unspecified atom stereocenters. The molecule has 0 spiro atoms. The Bertz CT molecular complexity index is 1180. The van der Waals surface area contributed by atoms with Crippen LogP contribution in [0.15, 0.2) is 54.6 Å². The van der Waals surface area contributed by atoms with Crippen molar-refractivity contribution in [2.24, 2.45) is 0 Å². The van der Waals surface area contributed by atoms with Crippen LogP contribution in [0.2, 0.25) is 0 Å². The molecule has 2 aromatic rings. The Kier molecular flexibility index (Phi) is 12.2. The highest BCUT2D eigenvalue weighted by Crippen LogP contribution is 2.23. The van der Waals surface area contributed by atoms with Crippen molar-refractivity contribution in [2.45, 2.75) is 71.6 Å². The van der Waals surface area contributed by atoms with E-state index in [1.165, 1.54) is 0 Å². The average Bonchev–Trinajstić information content (AvgIpc) is 2.90. The number of carbonyl (C=O) groups excluding carboxylic acids is 4. The lowest BCUT2D eigenvalue weighted by atomic mass is 9.99. The fraction of sp³-hybridized carbons (Fsp3) is 0.419. The van der Waals surface area contributed by atoms with Crippen LogP contribution in [0.4, 0.5) is 4.79 Å². The lowest BCUT2D eigenvalue weighted by Gasteiger charge is -2.30. The van der Waals surface area contributed by atoms with Crippen LogP contribution in [0.3, 0.4) is 0 Å². The molecule has 214 valence electrons. The second-order valence-electron chi connectivity index (χ2n) is 10.1. The fourth-order valence-corrected chi connectivity index (χ4v) is 3.90. The maximum Gasteiger partial charge on any atom is 0.408 e. The van der Waals surface area contributed by atoms with Gasteiger partial charge in [-0.25, -0.2) is 4.79 Å². The molecule has 2 aromatic carbocycles. The molecule has 0 aromatic heterocycles. The molecule has 0 aliphatic carbocycles. The zero-order valence-corrected chi connectivity index (χ0v) is 23.9. The van der Waals surface area contributed by atoms with Crippen molar-refractivity contribution in [3.05, 3.63) is 71.3 Å². The standard InChI is InChI=1S/C31H39N3O6/c1-7-22-15-17-24(18-16-22)27(28(36)32-20-19-26(35)39-9-3)34(8-2)29(37)25(21-23-13-11-10-12-14-23)33-30(38)40-31(4,5)6/h2,10-18,25,27H,7,9,19-21H2,1,3-6H3,(H,32,36)(H,33,38). The lowest BCUT2D eigenvalue weighted by Crippen LogP contribution is -2.52. The molecule has 0 aliphatic heterocycles. The summed E-state index contributed by atoms with van der Waals surface area (Å²) < 4.78 is 10.3. The van der Waals surface area contributed by atoms with Crippen LogP contribution < -0.4 is 10.6 Å². The molecule has 3 amide bonds. The SMILES string of the molecule is C#CN(C(=O)C(Cc1ccccc1)NC(=O)OC(C)(C)C)C(C(=O)NCCC(=O)OCC)c1ccc(CC)cc1. The van der Waals surface area contributed by atoms with Gasteiger partial charge in [-0.15, -0.1) is 0 Å². The molecule has 40 heavy (non-hydrogen) atoms. The van der Waals surface area contributed by atoms with Gasteiger partial charge in [0.1, 0.15) is 17.7 Å². The molecule has 9 heteroatoms. The number of carbonyl (C=O) groups is 4. The predicted molar refractivity (Wildman–Crippen MR) is 152 cm³/mol. The quantitative estimate of drug-likeness (QED) is 0.236. The van der Waals surface area contributed by atoms with Gasteiger partial charge >= 0.3 is 12.1 Å². The van der Waals surface area contributed by atoms with Gasteiger partial charge in [-0.3, -0.25) is 19.3 Å². The van der Waals surface area contributed by atoms with Crippen LogP contribution in [-0.4, -0.2) is 53.6 Å². The number of nitrogens with one attached hydrogen (secondary N) is 2. The Balaban J connectivity index is 2.42. The van der Waals surface area contributed by atoms with Gasteiger partial charge in [0.05, 0.1) is 13.0 Å². The highest BCUT2D eigenvalue weighted by atomic mass is 16.6. The Labute approximate surface area is 236 Å². The molecule has 2 atom stereocenters. The third kappa shape index (κ3) is 10.1. The third-order valence-corrected chi connectivity index (χ3v) is 5.79. The van der Waals surface area contributed by atoms with Crippen LogP contribution in [-0.2, 0) is 36.7 Å². The molecular weight excluding hydrogens is 510 g/mol. The van der Waals surface area contributed by atoms with Gasteiger partial charge < -0.3 is 20.1 Å². The highest BCUT2D eigenvalue weighted by Gasteiger charge is 2.36. The zero-order chi connectivity index (χ0) is 29.7. The summed E-state index contributed by atoms with van der Waals surface area (Å²) in [6.45, 7) is 9.06. The van der Waals surface area contributed by atoms with E-state index in [1.54, 1.807) is 39.8 Å². The molecule has 0 fully saturated rings. The minimum atomic E-state index is -1.22. The van der Waals surface area contributed by atoms with Crippen LogP contribution >= 0.6 is 0 Å². The molecule has 0 saturated heterocycles. The van der Waals surface area contributed by atoms with E-state index < -0.39 is 41.6 Å². The van der Waals surface area contributed by atoms with Gasteiger partial charge in [-0.05, 0) is 50.8 Å². The second-order valence-corrected chi connectivity index (χ2v) is 10.1. The number of ether oxygens (including phenoxy) is 2. The largest absolute Gasteiger partial charge is 0.466 e. The number of esters is 1. The van der Waals surface area contributed by atoms with E-state index in [0.717, 1.165) is 22.4 Å². The molecule has 0 aliphatic rings. The first-order chi connectivity index (χ1) is 19.0. The van der Waals surface area contributed by atoms with Gasteiger partial charge in [0.2, 0.25) is 5.91 Å². The first kappa shape index (κ1) is 31.9. The maximum absolute atomic E-state index is 13.9. The molecular formula is C31H39N3O6. The predicted octanol–water partition coefficient (Wildman–Crippen LogP) is 3.91. The monoisotopic (exact) mass is 549 g/mol. The molecule has 0 bridgehead atoms. The van der Waals surface area contributed by atoms with Gasteiger partial charge in [0, 0.05) is 19.0 Å². The van der Waals surface area contributed by atoms with Gasteiger partial charge in [0.25, 0.3) is 5.91 Å². The summed E-state index contributed by atoms with van der Waals surface area (Å²) in [5, 5.41) is 5.32. The van der Waals surface area contributed by atoms with Crippen LogP contribution in [0.25, 0.3) is 0 Å². The van der Waals surface area contributed by atoms with Crippen molar-refractivity contribution in [1.29, 1.82) is 0 Å². The number of rotatable bonds is 12. The molecule has 2 rings (SSSR count). The molecule has 2 N–H and O–H groups in total. The Morgan fingerprint density at radius 2 is 1.62 bits per heavy atom. The van der Waals surface area contributed by atoms with E-state index >= 15 is 0 Å². The number of hydrogen-bond donors (Lipinski definition) is 2. The molecule has 0 radical (unpaired) electrons. The first-order valence-electron chi connectivity index (χ1n) is 13.3. The van der Waals surface area contributed by atoms with E-state index in [4.69, 9.17) is 15.9 Å². The van der Waals surface area contributed by atoms with E-state index in [9.17, 15) is 19.2 Å². The molecule has 9 nitrogen and oxygen atoms in total. The van der Waals surface area contributed by atoms with Crippen molar-refractivity contribution in [3.63, 3.8) is 0 Å². The first-order valence-corrected chi connectivity index (χ1v) is 13.3. The Hall–Kier alpha value is -4.32. The number of nitrogens with zero attached hydrogens (tertiary/aromatic N) is 1. The number of benzene rings is 2. The van der Waals surface area contributed by atoms with Gasteiger partial charge in [-0.2, -0.15) is 0 Å². The lowest BCUT2D eigenvalue weighted by molar-refractivity contribution is -0.143. The van der Waals surface area contributed by atoms with E-state index in [1.807, 2.05) is 49.4 Å². The Morgan fingerprint density at radius 1 is 0.975 bits per heavy atom. The van der Waals surface area contributed by atoms with E-state index in [-0.39, 0.29) is 26.0 Å². The van der Waals surface area contributed by atoms with Crippen molar-refractivity contribution >= 4 is 23.9 Å². The normalized spacial score (nSPS) is 12.3. The topological polar surface area (TPSA) is 114 Å². The number of amides is 3. The summed E-state index contributed by atoms with van der Waals surface area (Å²) in [7, 11) is 0. The second kappa shape index (κ2) is 15.3. The van der Waals surface area contributed by atoms with E-state index in [2.05, 4.69) is 16.7 Å². The van der Waals surface area contributed by atoms with Crippen LogP contribution in [0.5, 0.6) is 0 Å². The smallest absolute Gasteiger partial charge is 0.408 e. The van der Waals surface area contributed by atoms with Crippen LogP contribution in [0.1, 0.15) is 63.8 Å². The number of terminal acetylenes is 1. The number of alkyl carbamates (subject to hydrolysis) is 1. The maximum atomic E-state index is 13.9. The highest BCUT2D eigenvalue weighted by molar-refractivity contribution is 5.93. The summed E-state index contributed by atoms with van der Waals surface area (Å²) in [4.78, 5) is 52.9. The summed E-state index contributed by atoms with van der Waals surface area (Å²) in [5.74, 6) is -1.70.